The quantitative estimate of drug-likeness (QED) is 0.794. The molecule has 2 aromatic rings. The summed E-state index contributed by atoms with van der Waals surface area (Å²) in [6, 6.07) is 4.02. The molecule has 0 radical (unpaired) electrons. The van der Waals surface area contributed by atoms with Crippen molar-refractivity contribution < 1.29 is 4.79 Å². The Kier molecular flexibility index (Phi) is 2.44. The number of rotatable bonds is 2. The molecule has 1 aliphatic rings. The summed E-state index contributed by atoms with van der Waals surface area (Å²) < 4.78 is 2.07. The van der Waals surface area contributed by atoms with Crippen molar-refractivity contribution in [2.24, 2.45) is 0 Å². The SMILES string of the molecule is Cc1cccn2c(C3CCNC3)nc(C=O)c12. The van der Waals surface area contributed by atoms with Crippen LogP contribution in [0.15, 0.2) is 18.3 Å². The van der Waals surface area contributed by atoms with Gasteiger partial charge in [0.25, 0.3) is 0 Å². The topological polar surface area (TPSA) is 46.4 Å². The van der Waals surface area contributed by atoms with Gasteiger partial charge in [-0.15, -0.1) is 0 Å². The fourth-order valence-electron chi connectivity index (χ4n) is 2.61. The van der Waals surface area contributed by atoms with Crippen molar-refractivity contribution in [2.45, 2.75) is 19.3 Å². The molecule has 1 atom stereocenters. The van der Waals surface area contributed by atoms with Crippen molar-refractivity contribution in [3.63, 3.8) is 0 Å². The number of hydrogen-bond donors (Lipinski definition) is 1. The van der Waals surface area contributed by atoms with E-state index in [4.69, 9.17) is 0 Å². The van der Waals surface area contributed by atoms with E-state index in [1.54, 1.807) is 0 Å². The number of carbonyl (C=O) groups is 1. The van der Waals surface area contributed by atoms with Gasteiger partial charge in [0.15, 0.2) is 6.29 Å². The van der Waals surface area contributed by atoms with Gasteiger partial charge in [-0.05, 0) is 31.5 Å². The highest BCUT2D eigenvalue weighted by Gasteiger charge is 2.23. The Hall–Kier alpha value is -1.68. The van der Waals surface area contributed by atoms with Crippen molar-refractivity contribution in [1.82, 2.24) is 14.7 Å². The summed E-state index contributed by atoms with van der Waals surface area (Å²) in [6.45, 7) is 3.99. The highest BCUT2D eigenvalue weighted by molar-refractivity contribution is 5.85. The number of aryl methyl sites for hydroxylation is 1. The first kappa shape index (κ1) is 10.5. The van der Waals surface area contributed by atoms with E-state index in [0.717, 1.165) is 42.7 Å². The molecule has 2 aromatic heterocycles. The van der Waals surface area contributed by atoms with E-state index < -0.39 is 0 Å². The van der Waals surface area contributed by atoms with Gasteiger partial charge in [-0.25, -0.2) is 4.98 Å². The van der Waals surface area contributed by atoms with Gasteiger partial charge in [-0.1, -0.05) is 6.07 Å². The largest absolute Gasteiger partial charge is 0.316 e. The lowest BCUT2D eigenvalue weighted by Crippen LogP contribution is -2.10. The van der Waals surface area contributed by atoms with E-state index >= 15 is 0 Å². The predicted molar refractivity (Wildman–Crippen MR) is 65.5 cm³/mol. The first-order chi connectivity index (χ1) is 8.31. The number of fused-ring (bicyclic) bond motifs is 1. The van der Waals surface area contributed by atoms with Gasteiger partial charge in [0.1, 0.15) is 11.5 Å². The molecule has 0 aromatic carbocycles. The van der Waals surface area contributed by atoms with Gasteiger partial charge in [-0.3, -0.25) is 4.79 Å². The third kappa shape index (κ3) is 1.56. The van der Waals surface area contributed by atoms with Gasteiger partial charge in [0.05, 0.1) is 5.52 Å². The van der Waals surface area contributed by atoms with E-state index in [0.29, 0.717) is 11.6 Å². The first-order valence-corrected chi connectivity index (χ1v) is 5.94. The first-order valence-electron chi connectivity index (χ1n) is 5.94. The van der Waals surface area contributed by atoms with Crippen LogP contribution in [0.25, 0.3) is 5.52 Å². The van der Waals surface area contributed by atoms with Crippen LogP contribution in [0.5, 0.6) is 0 Å². The molecule has 1 fully saturated rings. The van der Waals surface area contributed by atoms with Crippen LogP contribution in [0.2, 0.25) is 0 Å². The van der Waals surface area contributed by atoms with Crippen LogP contribution in [0.4, 0.5) is 0 Å². The molecule has 3 heterocycles. The number of hydrogen-bond acceptors (Lipinski definition) is 3. The zero-order chi connectivity index (χ0) is 11.8. The number of aldehydes is 1. The summed E-state index contributed by atoms with van der Waals surface area (Å²) in [5.41, 5.74) is 2.61. The number of imidazole rings is 1. The van der Waals surface area contributed by atoms with Gasteiger partial charge >= 0.3 is 0 Å². The third-order valence-electron chi connectivity index (χ3n) is 3.46. The molecule has 1 aliphatic heterocycles. The molecule has 0 spiro atoms. The molecule has 1 saturated heterocycles. The normalized spacial score (nSPS) is 19.9. The Morgan fingerprint density at radius 3 is 3.18 bits per heavy atom. The summed E-state index contributed by atoms with van der Waals surface area (Å²) >= 11 is 0. The van der Waals surface area contributed by atoms with Crippen LogP contribution in [0.3, 0.4) is 0 Å². The summed E-state index contributed by atoms with van der Waals surface area (Å²) in [5.74, 6) is 1.42. The standard InChI is InChI=1S/C13H15N3O/c1-9-3-2-6-16-12(9)11(8-17)15-13(16)10-4-5-14-7-10/h2-3,6,8,10,14H,4-5,7H2,1H3. The summed E-state index contributed by atoms with van der Waals surface area (Å²) in [4.78, 5) is 15.6. The lowest BCUT2D eigenvalue weighted by atomic mass is 10.1. The highest BCUT2D eigenvalue weighted by atomic mass is 16.1. The minimum atomic E-state index is 0.415. The van der Waals surface area contributed by atoms with Crippen molar-refractivity contribution >= 4 is 11.8 Å². The van der Waals surface area contributed by atoms with Crippen LogP contribution in [-0.4, -0.2) is 28.8 Å². The van der Waals surface area contributed by atoms with E-state index in [-0.39, 0.29) is 0 Å². The lowest BCUT2D eigenvalue weighted by Gasteiger charge is -2.07. The van der Waals surface area contributed by atoms with Crippen molar-refractivity contribution in [3.05, 3.63) is 35.4 Å². The Morgan fingerprint density at radius 2 is 2.47 bits per heavy atom. The van der Waals surface area contributed by atoms with Crippen LogP contribution in [0, 0.1) is 6.92 Å². The maximum Gasteiger partial charge on any atom is 0.170 e. The van der Waals surface area contributed by atoms with Crippen LogP contribution in [-0.2, 0) is 0 Å². The summed E-state index contributed by atoms with van der Waals surface area (Å²) in [7, 11) is 0. The van der Waals surface area contributed by atoms with Crippen LogP contribution >= 0.6 is 0 Å². The van der Waals surface area contributed by atoms with E-state index in [2.05, 4.69) is 14.7 Å². The fraction of sp³-hybridized carbons (Fsp3) is 0.385. The third-order valence-corrected chi connectivity index (χ3v) is 3.46. The second-order valence-corrected chi connectivity index (χ2v) is 4.57. The Labute approximate surface area is 99.7 Å². The van der Waals surface area contributed by atoms with Crippen molar-refractivity contribution in [3.8, 4) is 0 Å². The number of carbonyl (C=O) groups excluding carboxylic acids is 1. The molecule has 88 valence electrons. The molecule has 4 heteroatoms. The number of nitrogens with zero attached hydrogens (tertiary/aromatic N) is 2. The average Bonchev–Trinajstić information content (AvgIpc) is 2.95. The Bertz CT molecular complexity index is 567. The highest BCUT2D eigenvalue weighted by Crippen LogP contribution is 2.25. The molecular weight excluding hydrogens is 214 g/mol. The molecule has 3 rings (SSSR count). The Balaban J connectivity index is 2.25. The van der Waals surface area contributed by atoms with Crippen molar-refractivity contribution in [1.29, 1.82) is 0 Å². The molecule has 1 unspecified atom stereocenters. The zero-order valence-corrected chi connectivity index (χ0v) is 9.81. The number of pyridine rings is 1. The van der Waals surface area contributed by atoms with Gasteiger partial charge in [0.2, 0.25) is 0 Å². The fourth-order valence-corrected chi connectivity index (χ4v) is 2.61. The lowest BCUT2D eigenvalue weighted by molar-refractivity contribution is 0.112. The molecule has 0 bridgehead atoms. The molecule has 17 heavy (non-hydrogen) atoms. The minimum Gasteiger partial charge on any atom is -0.316 e. The average molecular weight is 229 g/mol. The minimum absolute atomic E-state index is 0.415. The summed E-state index contributed by atoms with van der Waals surface area (Å²) in [5, 5.41) is 3.34. The Morgan fingerprint density at radius 1 is 1.59 bits per heavy atom. The number of aromatic nitrogens is 2. The molecular formula is C13H15N3O. The van der Waals surface area contributed by atoms with Crippen molar-refractivity contribution in [2.75, 3.05) is 13.1 Å². The second kappa shape index (κ2) is 3.96. The van der Waals surface area contributed by atoms with E-state index in [9.17, 15) is 4.79 Å². The molecule has 0 aliphatic carbocycles. The van der Waals surface area contributed by atoms with Crippen LogP contribution < -0.4 is 5.32 Å². The molecule has 1 N–H and O–H groups in total. The van der Waals surface area contributed by atoms with E-state index in [1.165, 1.54) is 0 Å². The summed E-state index contributed by atoms with van der Waals surface area (Å²) in [6.07, 6.45) is 3.94. The second-order valence-electron chi connectivity index (χ2n) is 4.57. The number of nitrogens with one attached hydrogen (secondary N) is 1. The monoisotopic (exact) mass is 229 g/mol. The molecule has 0 saturated carbocycles. The molecule has 0 amide bonds. The molecule has 4 nitrogen and oxygen atoms in total. The van der Waals surface area contributed by atoms with E-state index in [1.807, 2.05) is 25.3 Å². The van der Waals surface area contributed by atoms with Gasteiger partial charge in [-0.2, -0.15) is 0 Å². The maximum absolute atomic E-state index is 11.1. The zero-order valence-electron chi connectivity index (χ0n) is 9.81. The van der Waals surface area contributed by atoms with Crippen LogP contribution in [0.1, 0.15) is 34.2 Å². The van der Waals surface area contributed by atoms with Gasteiger partial charge < -0.3 is 9.72 Å². The van der Waals surface area contributed by atoms with Gasteiger partial charge in [0, 0.05) is 18.7 Å². The smallest absolute Gasteiger partial charge is 0.170 e. The maximum atomic E-state index is 11.1. The predicted octanol–water partition coefficient (Wildman–Crippen LogP) is 1.53.